The van der Waals surface area contributed by atoms with Gasteiger partial charge in [0.05, 0.1) is 0 Å². The molecule has 1 rings (SSSR count). The van der Waals surface area contributed by atoms with Crippen molar-refractivity contribution in [1.82, 2.24) is 0 Å². The molecule has 1 radical (unpaired) electrons. The number of halogens is 3. The highest BCUT2D eigenvalue weighted by molar-refractivity contribution is 6.34. The van der Waals surface area contributed by atoms with Gasteiger partial charge in [0.2, 0.25) is 0 Å². The first kappa shape index (κ1) is 10.9. The summed E-state index contributed by atoms with van der Waals surface area (Å²) in [5, 5.41) is 1.67. The van der Waals surface area contributed by atoms with Gasteiger partial charge in [0, 0.05) is 21.0 Å². The number of hydrogen-bond donors (Lipinski definition) is 0. The molecule has 0 aliphatic rings. The molecule has 0 heterocycles. The number of allylic oxidation sites excluding steroid dienone is 1. The molecule has 0 aliphatic carbocycles. The van der Waals surface area contributed by atoms with Crippen LogP contribution < -0.4 is 0 Å². The van der Waals surface area contributed by atoms with Gasteiger partial charge >= 0.3 is 0 Å². The van der Waals surface area contributed by atoms with Gasteiger partial charge < -0.3 is 0 Å². The summed E-state index contributed by atoms with van der Waals surface area (Å²) in [6, 6.07) is 5.18. The van der Waals surface area contributed by atoms with E-state index in [1.165, 1.54) is 0 Å². The van der Waals surface area contributed by atoms with E-state index in [4.69, 9.17) is 34.8 Å². The van der Waals surface area contributed by atoms with E-state index >= 15 is 0 Å². The Hall–Kier alpha value is -0.170. The molecular formula is C10H8Cl3. The fraction of sp³-hybridized carbons (Fsp3) is 0.100. The van der Waals surface area contributed by atoms with Gasteiger partial charge in [-0.1, -0.05) is 41.4 Å². The van der Waals surface area contributed by atoms with Gasteiger partial charge in [-0.3, -0.25) is 0 Å². The van der Waals surface area contributed by atoms with E-state index in [-0.39, 0.29) is 5.92 Å². The standard InChI is InChI=1S/C10H8Cl3/c1-6(7(2)11)9-5-8(12)3-4-10(9)13/h3-6H,1-2H2. The van der Waals surface area contributed by atoms with Crippen LogP contribution in [0.4, 0.5) is 0 Å². The smallest absolute Gasteiger partial charge is 0.0445 e. The third kappa shape index (κ3) is 2.63. The molecule has 0 fully saturated rings. The van der Waals surface area contributed by atoms with E-state index in [1.54, 1.807) is 18.2 Å². The summed E-state index contributed by atoms with van der Waals surface area (Å²) >= 11 is 17.5. The molecule has 1 unspecified atom stereocenters. The lowest BCUT2D eigenvalue weighted by molar-refractivity contribution is 1.06. The second-order valence-corrected chi connectivity index (χ2v) is 3.99. The fourth-order valence-corrected chi connectivity index (χ4v) is 1.50. The van der Waals surface area contributed by atoms with Crippen LogP contribution in [-0.4, -0.2) is 0 Å². The van der Waals surface area contributed by atoms with Crippen molar-refractivity contribution in [2.75, 3.05) is 0 Å². The lowest BCUT2D eigenvalue weighted by Gasteiger charge is -2.11. The molecule has 0 bridgehead atoms. The van der Waals surface area contributed by atoms with Crippen LogP contribution in [0.5, 0.6) is 0 Å². The molecule has 1 aromatic carbocycles. The van der Waals surface area contributed by atoms with E-state index in [0.717, 1.165) is 5.56 Å². The SMILES string of the molecule is [CH2]C(C(=C)Cl)c1cc(Cl)ccc1Cl. The molecule has 1 aromatic rings. The van der Waals surface area contributed by atoms with Crippen LogP contribution in [0.2, 0.25) is 10.0 Å². The van der Waals surface area contributed by atoms with Gasteiger partial charge in [-0.2, -0.15) is 0 Å². The summed E-state index contributed by atoms with van der Waals surface area (Å²) in [7, 11) is 0. The number of benzene rings is 1. The lowest BCUT2D eigenvalue weighted by Crippen LogP contribution is -1.93. The minimum Gasteiger partial charge on any atom is -0.0891 e. The van der Waals surface area contributed by atoms with Crippen LogP contribution in [0.1, 0.15) is 11.5 Å². The Morgan fingerprint density at radius 1 is 1.31 bits per heavy atom. The molecule has 0 amide bonds. The molecule has 13 heavy (non-hydrogen) atoms. The van der Waals surface area contributed by atoms with Gasteiger partial charge in [0.15, 0.2) is 0 Å². The van der Waals surface area contributed by atoms with Crippen molar-refractivity contribution < 1.29 is 0 Å². The largest absolute Gasteiger partial charge is 0.0891 e. The minimum atomic E-state index is -0.229. The Bertz CT molecular complexity index is 331. The maximum absolute atomic E-state index is 5.94. The third-order valence-corrected chi connectivity index (χ3v) is 2.55. The summed E-state index contributed by atoms with van der Waals surface area (Å²) < 4.78 is 0. The Balaban J connectivity index is 3.12. The van der Waals surface area contributed by atoms with E-state index in [0.29, 0.717) is 15.1 Å². The fourth-order valence-electron chi connectivity index (χ4n) is 0.950. The van der Waals surface area contributed by atoms with Crippen LogP contribution in [-0.2, 0) is 0 Å². The van der Waals surface area contributed by atoms with Crippen molar-refractivity contribution >= 4 is 34.8 Å². The summed E-state index contributed by atoms with van der Waals surface area (Å²) in [5.41, 5.74) is 0.800. The van der Waals surface area contributed by atoms with Crippen LogP contribution in [0.3, 0.4) is 0 Å². The maximum atomic E-state index is 5.94. The predicted molar refractivity (Wildman–Crippen MR) is 59.6 cm³/mol. The highest BCUT2D eigenvalue weighted by atomic mass is 35.5. The number of hydrogen-bond acceptors (Lipinski definition) is 0. The zero-order chi connectivity index (χ0) is 10.0. The van der Waals surface area contributed by atoms with Crippen LogP contribution >= 0.6 is 34.8 Å². The Morgan fingerprint density at radius 3 is 2.46 bits per heavy atom. The minimum absolute atomic E-state index is 0.229. The third-order valence-electron chi connectivity index (χ3n) is 1.71. The van der Waals surface area contributed by atoms with Crippen LogP contribution in [0, 0.1) is 6.92 Å². The monoisotopic (exact) mass is 233 g/mol. The zero-order valence-corrected chi connectivity index (χ0v) is 9.13. The molecule has 0 saturated heterocycles. The first-order valence-corrected chi connectivity index (χ1v) is 4.78. The summed E-state index contributed by atoms with van der Waals surface area (Å²) in [6.45, 7) is 7.44. The first-order valence-electron chi connectivity index (χ1n) is 3.64. The van der Waals surface area contributed by atoms with Crippen molar-refractivity contribution in [3.63, 3.8) is 0 Å². The summed E-state index contributed by atoms with van der Waals surface area (Å²) in [6.07, 6.45) is 0. The Morgan fingerprint density at radius 2 is 1.92 bits per heavy atom. The molecule has 0 aliphatic heterocycles. The highest BCUT2D eigenvalue weighted by Crippen LogP contribution is 2.32. The van der Waals surface area contributed by atoms with Crippen LogP contribution in [0.15, 0.2) is 29.8 Å². The quantitative estimate of drug-likeness (QED) is 0.698. The van der Waals surface area contributed by atoms with E-state index < -0.39 is 0 Å². The van der Waals surface area contributed by atoms with Crippen LogP contribution in [0.25, 0.3) is 0 Å². The van der Waals surface area contributed by atoms with Gasteiger partial charge in [-0.25, -0.2) is 0 Å². The first-order chi connectivity index (χ1) is 6.02. The highest BCUT2D eigenvalue weighted by Gasteiger charge is 2.11. The van der Waals surface area contributed by atoms with Crippen molar-refractivity contribution in [3.05, 3.63) is 52.3 Å². The summed E-state index contributed by atoms with van der Waals surface area (Å²) in [5.74, 6) is -0.229. The van der Waals surface area contributed by atoms with Crippen molar-refractivity contribution in [2.24, 2.45) is 0 Å². The zero-order valence-electron chi connectivity index (χ0n) is 6.86. The number of rotatable bonds is 2. The molecular weight excluding hydrogens is 226 g/mol. The van der Waals surface area contributed by atoms with E-state index in [9.17, 15) is 0 Å². The molecule has 0 saturated carbocycles. The van der Waals surface area contributed by atoms with Gasteiger partial charge in [0.1, 0.15) is 0 Å². The molecule has 0 nitrogen and oxygen atoms in total. The molecule has 0 spiro atoms. The topological polar surface area (TPSA) is 0 Å². The molecule has 69 valence electrons. The van der Waals surface area contributed by atoms with Crippen molar-refractivity contribution in [3.8, 4) is 0 Å². The lowest BCUT2D eigenvalue weighted by atomic mass is 10.0. The van der Waals surface area contributed by atoms with Crippen molar-refractivity contribution in [2.45, 2.75) is 5.92 Å². The Kier molecular flexibility index (Phi) is 3.66. The van der Waals surface area contributed by atoms with Gasteiger partial charge in [0.25, 0.3) is 0 Å². The van der Waals surface area contributed by atoms with Gasteiger partial charge in [-0.15, -0.1) is 0 Å². The predicted octanol–water partition coefficient (Wildman–Crippen LogP) is 4.66. The van der Waals surface area contributed by atoms with Gasteiger partial charge in [-0.05, 0) is 30.7 Å². The molecule has 1 atom stereocenters. The summed E-state index contributed by atoms with van der Waals surface area (Å²) in [4.78, 5) is 0. The molecule has 3 heteroatoms. The second kappa shape index (κ2) is 4.36. The Labute approximate surface area is 93.1 Å². The maximum Gasteiger partial charge on any atom is 0.0445 e. The molecule has 0 aromatic heterocycles. The van der Waals surface area contributed by atoms with Crippen molar-refractivity contribution in [1.29, 1.82) is 0 Å². The average Bonchev–Trinajstić information content (AvgIpc) is 2.08. The second-order valence-electron chi connectivity index (χ2n) is 2.67. The normalized spacial score (nSPS) is 12.6. The molecule has 0 N–H and O–H groups in total. The van der Waals surface area contributed by atoms with E-state index in [2.05, 4.69) is 13.5 Å². The average molecular weight is 235 g/mol. The van der Waals surface area contributed by atoms with E-state index in [1.807, 2.05) is 0 Å².